The van der Waals surface area contributed by atoms with Gasteiger partial charge in [-0.2, -0.15) is 13.2 Å². The van der Waals surface area contributed by atoms with E-state index < -0.39 is 49.4 Å². The average Bonchev–Trinajstić information content (AvgIpc) is 3.51. The molecule has 1 unspecified atom stereocenters. The zero-order chi connectivity index (χ0) is 32.1. The van der Waals surface area contributed by atoms with Crippen molar-refractivity contribution < 1.29 is 44.7 Å². The first-order valence-electron chi connectivity index (χ1n) is 12.8. The van der Waals surface area contributed by atoms with E-state index in [4.69, 9.17) is 9.90 Å². The summed E-state index contributed by atoms with van der Waals surface area (Å²) in [6.07, 6.45) is -3.44. The van der Waals surface area contributed by atoms with Gasteiger partial charge >= 0.3 is 12.1 Å². The number of carboxylic acid groups (broad SMARTS) is 1. The van der Waals surface area contributed by atoms with E-state index in [0.717, 1.165) is 22.1 Å². The van der Waals surface area contributed by atoms with Gasteiger partial charge in [0.2, 0.25) is 26.0 Å². The molecule has 0 spiro atoms. The monoisotopic (exact) mass is 650 g/mol. The van der Waals surface area contributed by atoms with Crippen LogP contribution in [0.5, 0.6) is 0 Å². The Balaban J connectivity index is 0.000000566. The lowest BCUT2D eigenvalue weighted by Crippen LogP contribution is -2.29. The molecule has 1 aromatic heterocycles. The van der Waals surface area contributed by atoms with Gasteiger partial charge in [-0.15, -0.1) is 0 Å². The fraction of sp³-hybridized carbons (Fsp3) is 0.179. The minimum Gasteiger partial charge on any atom is -0.475 e. The van der Waals surface area contributed by atoms with E-state index >= 15 is 0 Å². The summed E-state index contributed by atoms with van der Waals surface area (Å²) in [4.78, 5) is 28.3. The molecule has 3 aromatic carbocycles. The average molecular weight is 651 g/mol. The molecule has 4 aromatic rings. The van der Waals surface area contributed by atoms with Crippen LogP contribution >= 0.6 is 0 Å². The van der Waals surface area contributed by atoms with Crippen molar-refractivity contribution in [3.63, 3.8) is 0 Å². The summed E-state index contributed by atoms with van der Waals surface area (Å²) in [5.41, 5.74) is 3.49. The van der Waals surface area contributed by atoms with E-state index in [-0.39, 0.29) is 12.8 Å². The third kappa shape index (κ3) is 8.52. The summed E-state index contributed by atoms with van der Waals surface area (Å²) < 4.78 is 86.8. The number of sulfonamides is 2. The van der Waals surface area contributed by atoms with Crippen molar-refractivity contribution in [3.8, 4) is 0 Å². The standard InChI is InChI=1S/C26H24N4O5S2.C2HF3O2/c31-25-17-24(37(34,35)30-25)20-12-10-19(11-13-20)16-23(26-27-21-8-4-5-9-22(21)28-26)29-36(32,33)15-14-18-6-2-1-3-7-18;3-2(4,5)1(6)7/h1-15,23-24,29H,16-17H2,(H,27,28)(H,30,31);(H,6,7)/b15-14+;/t23-,24?;/m0./s1. The number of hydrogen-bond donors (Lipinski definition) is 4. The fourth-order valence-electron chi connectivity index (χ4n) is 4.25. The van der Waals surface area contributed by atoms with E-state index in [9.17, 15) is 34.8 Å². The van der Waals surface area contributed by atoms with Crippen LogP contribution in [-0.4, -0.2) is 50.0 Å². The van der Waals surface area contributed by atoms with Crippen LogP contribution in [0.1, 0.15) is 40.2 Å². The van der Waals surface area contributed by atoms with Crippen LogP contribution in [0.25, 0.3) is 17.1 Å². The Labute approximate surface area is 249 Å². The number of carbonyl (C=O) groups is 2. The second kappa shape index (κ2) is 13.0. The lowest BCUT2D eigenvalue weighted by Gasteiger charge is -2.16. The first kappa shape index (κ1) is 32.4. The molecule has 0 radical (unpaired) electrons. The van der Waals surface area contributed by atoms with Crippen LogP contribution in [0.4, 0.5) is 13.2 Å². The van der Waals surface area contributed by atoms with Crippen molar-refractivity contribution >= 4 is 49.0 Å². The Kier molecular flexibility index (Phi) is 9.56. The summed E-state index contributed by atoms with van der Waals surface area (Å²) >= 11 is 0. The normalized spacial score (nSPS) is 17.2. The number of carbonyl (C=O) groups excluding carboxylic acids is 1. The number of rotatable bonds is 8. The van der Waals surface area contributed by atoms with E-state index in [0.29, 0.717) is 16.9 Å². The molecule has 2 heterocycles. The topological polar surface area (TPSA) is 175 Å². The molecule has 0 aliphatic carbocycles. The maximum atomic E-state index is 13.0. The van der Waals surface area contributed by atoms with Gasteiger partial charge in [-0.1, -0.05) is 66.7 Å². The first-order valence-corrected chi connectivity index (χ1v) is 15.9. The lowest BCUT2D eigenvalue weighted by molar-refractivity contribution is -0.192. The number of amides is 1. The van der Waals surface area contributed by atoms with E-state index in [1.54, 1.807) is 36.4 Å². The zero-order valence-electron chi connectivity index (χ0n) is 22.5. The summed E-state index contributed by atoms with van der Waals surface area (Å²) in [5.74, 6) is -2.83. The molecule has 1 amide bonds. The number of fused-ring (bicyclic) bond motifs is 1. The smallest absolute Gasteiger partial charge is 0.475 e. The van der Waals surface area contributed by atoms with Crippen molar-refractivity contribution in [1.82, 2.24) is 19.4 Å². The molecule has 232 valence electrons. The first-order chi connectivity index (χ1) is 20.6. The van der Waals surface area contributed by atoms with Gasteiger partial charge in [0.25, 0.3) is 0 Å². The number of aliphatic carboxylic acids is 1. The molecule has 16 heteroatoms. The van der Waals surface area contributed by atoms with Gasteiger partial charge < -0.3 is 10.1 Å². The van der Waals surface area contributed by atoms with E-state index in [1.165, 1.54) is 6.08 Å². The van der Waals surface area contributed by atoms with E-state index in [2.05, 4.69) is 14.7 Å². The summed E-state index contributed by atoms with van der Waals surface area (Å²) in [6.45, 7) is 0. The minimum absolute atomic E-state index is 0.128. The van der Waals surface area contributed by atoms with Gasteiger partial charge in [-0.3, -0.25) is 9.52 Å². The largest absolute Gasteiger partial charge is 0.490 e. The molecule has 5 rings (SSSR count). The third-order valence-electron chi connectivity index (χ3n) is 6.32. The number of nitrogens with one attached hydrogen (secondary N) is 3. The Bertz CT molecular complexity index is 1860. The summed E-state index contributed by atoms with van der Waals surface area (Å²) in [6, 6.07) is 22.6. The highest BCUT2D eigenvalue weighted by Gasteiger charge is 2.38. The fourth-order valence-corrected chi connectivity index (χ4v) is 6.69. The van der Waals surface area contributed by atoms with Crippen molar-refractivity contribution in [3.05, 3.63) is 107 Å². The van der Waals surface area contributed by atoms with Gasteiger partial charge in [0, 0.05) is 5.41 Å². The number of aromatic nitrogens is 2. The van der Waals surface area contributed by atoms with Crippen molar-refractivity contribution in [1.29, 1.82) is 0 Å². The number of nitrogens with zero attached hydrogens (tertiary/aromatic N) is 1. The van der Waals surface area contributed by atoms with Crippen molar-refractivity contribution in [2.45, 2.75) is 30.3 Å². The highest BCUT2D eigenvalue weighted by Crippen LogP contribution is 2.30. The molecular formula is C28H25F3N4O7S2. The number of aromatic amines is 1. The highest BCUT2D eigenvalue weighted by atomic mass is 32.2. The van der Waals surface area contributed by atoms with Crippen molar-refractivity contribution in [2.75, 3.05) is 0 Å². The zero-order valence-corrected chi connectivity index (χ0v) is 24.2. The van der Waals surface area contributed by atoms with Crippen LogP contribution < -0.4 is 9.44 Å². The highest BCUT2D eigenvalue weighted by molar-refractivity contribution is 7.92. The Morgan fingerprint density at radius 3 is 2.23 bits per heavy atom. The molecule has 1 aliphatic heterocycles. The third-order valence-corrected chi connectivity index (χ3v) is 9.13. The molecule has 1 aliphatic rings. The Morgan fingerprint density at radius 1 is 1.05 bits per heavy atom. The number of carboxylic acids is 1. The Hall–Kier alpha value is -4.54. The van der Waals surface area contributed by atoms with Gasteiger partial charge in [0.05, 0.1) is 23.5 Å². The van der Waals surface area contributed by atoms with Crippen molar-refractivity contribution in [2.24, 2.45) is 0 Å². The second-order valence-electron chi connectivity index (χ2n) is 9.58. The lowest BCUT2D eigenvalue weighted by atomic mass is 10.0. The van der Waals surface area contributed by atoms with Gasteiger partial charge in [-0.25, -0.2) is 31.3 Å². The molecule has 0 saturated carbocycles. The maximum Gasteiger partial charge on any atom is 0.490 e. The van der Waals surface area contributed by atoms with Gasteiger partial charge in [0.15, 0.2) is 0 Å². The predicted molar refractivity (Wildman–Crippen MR) is 155 cm³/mol. The number of hydrogen-bond acceptors (Lipinski definition) is 7. The summed E-state index contributed by atoms with van der Waals surface area (Å²) in [5, 5.41) is 7.30. The maximum absolute atomic E-state index is 13.0. The summed E-state index contributed by atoms with van der Waals surface area (Å²) in [7, 11) is -7.59. The molecule has 11 nitrogen and oxygen atoms in total. The van der Waals surface area contributed by atoms with Crippen LogP contribution in [0.2, 0.25) is 0 Å². The number of alkyl halides is 3. The van der Waals surface area contributed by atoms with Gasteiger partial charge in [0.1, 0.15) is 11.1 Å². The number of benzene rings is 3. The molecular weight excluding hydrogens is 625 g/mol. The number of halogens is 3. The predicted octanol–water partition coefficient (Wildman–Crippen LogP) is 3.96. The molecule has 1 saturated heterocycles. The second-order valence-corrected chi connectivity index (χ2v) is 13.0. The molecule has 1 fully saturated rings. The Morgan fingerprint density at radius 2 is 1.66 bits per heavy atom. The number of para-hydroxylation sites is 2. The molecule has 0 bridgehead atoms. The van der Waals surface area contributed by atoms with Crippen LogP contribution in [0.3, 0.4) is 0 Å². The van der Waals surface area contributed by atoms with Gasteiger partial charge in [-0.05, 0) is 41.3 Å². The van der Waals surface area contributed by atoms with Crippen LogP contribution in [0.15, 0.2) is 84.3 Å². The molecule has 44 heavy (non-hydrogen) atoms. The molecule has 2 atom stereocenters. The van der Waals surface area contributed by atoms with Crippen LogP contribution in [-0.2, 0) is 36.1 Å². The van der Waals surface area contributed by atoms with E-state index in [1.807, 2.05) is 47.2 Å². The molecule has 4 N–H and O–H groups in total. The quantitative estimate of drug-likeness (QED) is 0.222. The minimum atomic E-state index is -5.08. The number of H-pyrrole nitrogens is 1. The number of imidazole rings is 1. The SMILES string of the molecule is O=C(O)C(F)(F)F.O=C1CC(c2ccc(C[C@H](NS(=O)(=O)/C=C/c3ccccc3)c3nc4ccccc4[nH]3)cc2)S(=O)(=O)N1. The van der Waals surface area contributed by atoms with Crippen LogP contribution in [0, 0.1) is 0 Å².